The zero-order valence-electron chi connectivity index (χ0n) is 10.1. The van der Waals surface area contributed by atoms with Crippen LogP contribution in [0.3, 0.4) is 0 Å². The van der Waals surface area contributed by atoms with Crippen molar-refractivity contribution in [3.63, 3.8) is 0 Å². The molecule has 0 heterocycles. The average Bonchev–Trinajstić information content (AvgIpc) is 2.25. The number of carbonyl (C=O) groups excluding carboxylic acids is 1. The number of halogens is 4. The van der Waals surface area contributed by atoms with Crippen LogP contribution in [0.5, 0.6) is 0 Å². The molecule has 4 nitrogen and oxygen atoms in total. The third-order valence-corrected chi connectivity index (χ3v) is 2.32. The highest BCUT2D eigenvalue weighted by molar-refractivity contribution is 5.84. The van der Waals surface area contributed by atoms with E-state index in [0.717, 1.165) is 12.1 Å². The minimum atomic E-state index is -4.71. The standard InChI is InChI=1S/C12H11F4NO3/c13-8-3-1-2-7(4-8)5-10(18)17-9(11(19)20)6-12(14,15)16/h1-4,9H,5-6H2,(H,17,18)(H,19,20). The van der Waals surface area contributed by atoms with E-state index in [0.29, 0.717) is 0 Å². The Morgan fingerprint density at radius 3 is 2.45 bits per heavy atom. The van der Waals surface area contributed by atoms with Gasteiger partial charge >= 0.3 is 12.1 Å². The number of amides is 1. The van der Waals surface area contributed by atoms with Gasteiger partial charge in [-0.3, -0.25) is 4.79 Å². The van der Waals surface area contributed by atoms with E-state index in [9.17, 15) is 27.2 Å². The van der Waals surface area contributed by atoms with E-state index in [1.807, 2.05) is 0 Å². The van der Waals surface area contributed by atoms with Gasteiger partial charge in [0.1, 0.15) is 11.9 Å². The highest BCUT2D eigenvalue weighted by Crippen LogP contribution is 2.21. The van der Waals surface area contributed by atoms with Gasteiger partial charge in [-0.25, -0.2) is 9.18 Å². The molecule has 0 saturated heterocycles. The molecule has 0 aliphatic heterocycles. The molecule has 20 heavy (non-hydrogen) atoms. The summed E-state index contributed by atoms with van der Waals surface area (Å²) in [6.07, 6.45) is -6.79. The summed E-state index contributed by atoms with van der Waals surface area (Å²) >= 11 is 0. The molecule has 0 fully saturated rings. The summed E-state index contributed by atoms with van der Waals surface area (Å²) < 4.78 is 49.3. The number of rotatable bonds is 5. The molecular weight excluding hydrogens is 282 g/mol. The molecule has 110 valence electrons. The minimum Gasteiger partial charge on any atom is -0.480 e. The molecule has 0 aliphatic carbocycles. The first kappa shape index (κ1) is 15.9. The molecule has 0 aliphatic rings. The number of alkyl halides is 3. The summed E-state index contributed by atoms with van der Waals surface area (Å²) in [7, 11) is 0. The van der Waals surface area contributed by atoms with E-state index in [1.54, 1.807) is 5.32 Å². The van der Waals surface area contributed by atoms with Crippen molar-refractivity contribution in [1.82, 2.24) is 5.32 Å². The third kappa shape index (κ3) is 5.68. The highest BCUT2D eigenvalue weighted by atomic mass is 19.4. The van der Waals surface area contributed by atoms with Crippen molar-refractivity contribution in [2.45, 2.75) is 25.1 Å². The van der Waals surface area contributed by atoms with Crippen LogP contribution in [0.4, 0.5) is 17.6 Å². The van der Waals surface area contributed by atoms with Gasteiger partial charge in [-0.15, -0.1) is 0 Å². The molecular formula is C12H11F4NO3. The summed E-state index contributed by atoms with van der Waals surface area (Å²) in [4.78, 5) is 22.1. The zero-order valence-corrected chi connectivity index (χ0v) is 10.1. The predicted molar refractivity (Wildman–Crippen MR) is 60.3 cm³/mol. The van der Waals surface area contributed by atoms with E-state index >= 15 is 0 Å². The van der Waals surface area contributed by atoms with Crippen molar-refractivity contribution in [2.75, 3.05) is 0 Å². The zero-order chi connectivity index (χ0) is 15.3. The molecule has 8 heteroatoms. The predicted octanol–water partition coefficient (Wildman–Crippen LogP) is 1.89. The van der Waals surface area contributed by atoms with Gasteiger partial charge in [0.25, 0.3) is 0 Å². The second-order valence-electron chi connectivity index (χ2n) is 4.08. The second-order valence-corrected chi connectivity index (χ2v) is 4.08. The maximum atomic E-state index is 12.9. The van der Waals surface area contributed by atoms with Gasteiger partial charge in [-0.05, 0) is 17.7 Å². The molecule has 0 aromatic heterocycles. The maximum absolute atomic E-state index is 12.9. The van der Waals surface area contributed by atoms with Crippen LogP contribution in [0, 0.1) is 5.82 Å². The normalized spacial score (nSPS) is 12.8. The number of carboxylic acids is 1. The smallest absolute Gasteiger partial charge is 0.391 e. The Morgan fingerprint density at radius 1 is 1.30 bits per heavy atom. The van der Waals surface area contributed by atoms with Crippen LogP contribution >= 0.6 is 0 Å². The molecule has 0 saturated carbocycles. The Balaban J connectivity index is 2.65. The summed E-state index contributed by atoms with van der Waals surface area (Å²) in [5.41, 5.74) is 0.235. The van der Waals surface area contributed by atoms with Gasteiger partial charge in [-0.1, -0.05) is 12.1 Å². The van der Waals surface area contributed by atoms with E-state index in [2.05, 4.69) is 0 Å². The lowest BCUT2D eigenvalue weighted by atomic mass is 10.1. The molecule has 1 unspecified atom stereocenters. The summed E-state index contributed by atoms with van der Waals surface area (Å²) in [6, 6.07) is 2.87. The first-order valence-corrected chi connectivity index (χ1v) is 5.51. The molecule has 0 spiro atoms. The maximum Gasteiger partial charge on any atom is 0.391 e. The van der Waals surface area contributed by atoms with Crippen LogP contribution in [0.25, 0.3) is 0 Å². The molecule has 1 rings (SSSR count). The van der Waals surface area contributed by atoms with Crippen LogP contribution in [0.1, 0.15) is 12.0 Å². The molecule has 1 aromatic carbocycles. The molecule has 1 amide bonds. The van der Waals surface area contributed by atoms with E-state index in [-0.39, 0.29) is 5.56 Å². The Labute approximate surface area is 111 Å². The van der Waals surface area contributed by atoms with Crippen molar-refractivity contribution in [2.24, 2.45) is 0 Å². The number of carbonyl (C=O) groups is 2. The Kier molecular flexibility index (Phi) is 5.06. The molecule has 2 N–H and O–H groups in total. The lowest BCUT2D eigenvalue weighted by molar-refractivity contribution is -0.159. The number of nitrogens with one attached hydrogen (secondary N) is 1. The summed E-state index contributed by atoms with van der Waals surface area (Å²) in [6.45, 7) is 0. The van der Waals surface area contributed by atoms with Crippen LogP contribution in [-0.2, 0) is 16.0 Å². The summed E-state index contributed by atoms with van der Waals surface area (Å²) in [5.74, 6) is -3.30. The van der Waals surface area contributed by atoms with Crippen molar-refractivity contribution < 1.29 is 32.3 Å². The third-order valence-electron chi connectivity index (χ3n) is 2.32. The van der Waals surface area contributed by atoms with Gasteiger partial charge < -0.3 is 10.4 Å². The highest BCUT2D eigenvalue weighted by Gasteiger charge is 2.36. The molecule has 0 radical (unpaired) electrons. The average molecular weight is 293 g/mol. The van der Waals surface area contributed by atoms with E-state index in [4.69, 9.17) is 5.11 Å². The van der Waals surface area contributed by atoms with Crippen molar-refractivity contribution >= 4 is 11.9 Å². The van der Waals surface area contributed by atoms with Gasteiger partial charge in [0, 0.05) is 0 Å². The topological polar surface area (TPSA) is 66.4 Å². The SMILES string of the molecule is O=C(Cc1cccc(F)c1)NC(CC(F)(F)F)C(=O)O. The Morgan fingerprint density at radius 2 is 1.95 bits per heavy atom. The second kappa shape index (κ2) is 6.36. The minimum absolute atomic E-state index is 0.235. The van der Waals surface area contributed by atoms with Gasteiger partial charge in [0.05, 0.1) is 12.8 Å². The Bertz CT molecular complexity index is 502. The quantitative estimate of drug-likeness (QED) is 0.815. The van der Waals surface area contributed by atoms with Gasteiger partial charge in [0.15, 0.2) is 0 Å². The van der Waals surface area contributed by atoms with Crippen molar-refractivity contribution in [3.05, 3.63) is 35.6 Å². The number of benzene rings is 1. The first-order valence-electron chi connectivity index (χ1n) is 5.51. The van der Waals surface area contributed by atoms with Crippen molar-refractivity contribution in [3.8, 4) is 0 Å². The lowest BCUT2D eigenvalue weighted by Crippen LogP contribution is -2.44. The fraction of sp³-hybridized carbons (Fsp3) is 0.333. The molecule has 1 aromatic rings. The number of aliphatic carboxylic acids is 1. The summed E-state index contributed by atoms with van der Waals surface area (Å²) in [5, 5.41) is 10.4. The molecule has 0 bridgehead atoms. The van der Waals surface area contributed by atoms with E-state index in [1.165, 1.54) is 12.1 Å². The molecule has 1 atom stereocenters. The lowest BCUT2D eigenvalue weighted by Gasteiger charge is -2.16. The van der Waals surface area contributed by atoms with E-state index < -0.39 is 42.8 Å². The van der Waals surface area contributed by atoms with Gasteiger partial charge in [-0.2, -0.15) is 13.2 Å². The number of carboxylic acid groups (broad SMARTS) is 1. The fourth-order valence-corrected chi connectivity index (χ4v) is 1.51. The van der Waals surface area contributed by atoms with Crippen LogP contribution in [-0.4, -0.2) is 29.2 Å². The van der Waals surface area contributed by atoms with Crippen LogP contribution in [0.15, 0.2) is 24.3 Å². The number of hydrogen-bond acceptors (Lipinski definition) is 2. The van der Waals surface area contributed by atoms with Crippen molar-refractivity contribution in [1.29, 1.82) is 0 Å². The Hall–Kier alpha value is -2.12. The monoisotopic (exact) mass is 293 g/mol. The van der Waals surface area contributed by atoms with Crippen LogP contribution in [0.2, 0.25) is 0 Å². The number of hydrogen-bond donors (Lipinski definition) is 2. The first-order chi connectivity index (χ1) is 9.17. The fourth-order valence-electron chi connectivity index (χ4n) is 1.51. The largest absolute Gasteiger partial charge is 0.480 e. The van der Waals surface area contributed by atoms with Gasteiger partial charge in [0.2, 0.25) is 5.91 Å². The van der Waals surface area contributed by atoms with Crippen LogP contribution < -0.4 is 5.32 Å².